The first kappa shape index (κ1) is 15.7. The van der Waals surface area contributed by atoms with Gasteiger partial charge in [-0.2, -0.15) is 0 Å². The molecule has 0 amide bonds. The largest absolute Gasteiger partial charge is 0.391 e. The second-order valence-corrected chi connectivity index (χ2v) is 6.42. The van der Waals surface area contributed by atoms with Gasteiger partial charge < -0.3 is 9.67 Å². The minimum atomic E-state index is -0.415. The Bertz CT molecular complexity index is 957. The summed E-state index contributed by atoms with van der Waals surface area (Å²) in [6, 6.07) is 29.1. The fraction of sp³-hybridized carbons (Fsp3) is 0.130. The van der Waals surface area contributed by atoms with Crippen LogP contribution in [0.3, 0.4) is 0 Å². The summed E-state index contributed by atoms with van der Waals surface area (Å²) in [5.41, 5.74) is 4.75. The number of hydrogen-bond acceptors (Lipinski definition) is 1. The molecule has 0 aliphatic rings. The molecule has 4 rings (SSSR count). The van der Waals surface area contributed by atoms with E-state index in [1.807, 2.05) is 24.3 Å². The maximum absolute atomic E-state index is 10.6. The molecule has 1 unspecified atom stereocenters. The third-order valence-electron chi connectivity index (χ3n) is 4.59. The summed E-state index contributed by atoms with van der Waals surface area (Å²) in [6.45, 7) is 0.586. The molecule has 0 radical (unpaired) electrons. The second-order valence-electron chi connectivity index (χ2n) is 6.42. The Morgan fingerprint density at radius 3 is 2.24 bits per heavy atom. The highest BCUT2D eigenvalue weighted by molar-refractivity contribution is 5.94. The van der Waals surface area contributed by atoms with Crippen LogP contribution in [-0.2, 0) is 13.0 Å². The van der Waals surface area contributed by atoms with Crippen LogP contribution in [0.1, 0.15) is 5.56 Å². The fourth-order valence-electron chi connectivity index (χ4n) is 3.44. The maximum Gasteiger partial charge on any atom is 0.0759 e. The van der Waals surface area contributed by atoms with Gasteiger partial charge in [0, 0.05) is 30.1 Å². The van der Waals surface area contributed by atoms with Crippen molar-refractivity contribution in [3.8, 4) is 11.1 Å². The van der Waals surface area contributed by atoms with Gasteiger partial charge in [0.25, 0.3) is 0 Å². The van der Waals surface area contributed by atoms with Crippen LogP contribution in [0.5, 0.6) is 0 Å². The number of aliphatic hydroxyl groups is 1. The van der Waals surface area contributed by atoms with Crippen molar-refractivity contribution in [3.63, 3.8) is 0 Å². The Balaban J connectivity index is 1.66. The number of hydrogen-bond donors (Lipinski definition) is 1. The molecule has 2 heteroatoms. The van der Waals surface area contributed by atoms with E-state index in [1.165, 1.54) is 22.0 Å². The van der Waals surface area contributed by atoms with Crippen LogP contribution in [0.2, 0.25) is 0 Å². The highest BCUT2D eigenvalue weighted by Gasteiger charge is 2.12. The van der Waals surface area contributed by atoms with Gasteiger partial charge in [0.15, 0.2) is 0 Å². The van der Waals surface area contributed by atoms with Crippen LogP contribution in [0, 0.1) is 0 Å². The molecule has 0 aliphatic carbocycles. The van der Waals surface area contributed by atoms with E-state index in [0.29, 0.717) is 13.0 Å². The number of aliphatic hydroxyl groups excluding tert-OH is 1. The molecule has 0 aliphatic heterocycles. The predicted octanol–water partition coefficient (Wildman–Crippen LogP) is 4.91. The lowest BCUT2D eigenvalue weighted by Crippen LogP contribution is -2.18. The Kier molecular flexibility index (Phi) is 4.36. The van der Waals surface area contributed by atoms with Crippen molar-refractivity contribution in [1.82, 2.24) is 4.57 Å². The van der Waals surface area contributed by atoms with Crippen LogP contribution in [0.15, 0.2) is 91.1 Å². The summed E-state index contributed by atoms with van der Waals surface area (Å²) >= 11 is 0. The van der Waals surface area contributed by atoms with Crippen molar-refractivity contribution in [2.75, 3.05) is 0 Å². The van der Waals surface area contributed by atoms with Crippen molar-refractivity contribution in [2.24, 2.45) is 0 Å². The van der Waals surface area contributed by atoms with E-state index in [2.05, 4.69) is 71.4 Å². The van der Waals surface area contributed by atoms with Crippen LogP contribution in [0.25, 0.3) is 22.0 Å². The molecular weight excluding hydrogens is 306 g/mol. The van der Waals surface area contributed by atoms with E-state index < -0.39 is 6.10 Å². The van der Waals surface area contributed by atoms with Crippen molar-refractivity contribution in [1.29, 1.82) is 0 Å². The van der Waals surface area contributed by atoms with Crippen LogP contribution in [-0.4, -0.2) is 15.8 Å². The molecule has 0 saturated carbocycles. The third-order valence-corrected chi connectivity index (χ3v) is 4.59. The second kappa shape index (κ2) is 6.96. The Hall–Kier alpha value is -2.84. The van der Waals surface area contributed by atoms with Crippen molar-refractivity contribution in [3.05, 3.63) is 96.7 Å². The summed E-state index contributed by atoms with van der Waals surface area (Å²) in [5, 5.41) is 11.8. The molecular formula is C23H21NO. The van der Waals surface area contributed by atoms with E-state index in [-0.39, 0.29) is 0 Å². The normalized spacial score (nSPS) is 12.4. The third kappa shape index (κ3) is 3.35. The summed E-state index contributed by atoms with van der Waals surface area (Å²) in [7, 11) is 0. The van der Waals surface area contributed by atoms with Crippen molar-refractivity contribution in [2.45, 2.75) is 19.1 Å². The SMILES string of the molecule is OC(Cc1ccccc1)Cn1ccc2cccc(-c3ccccc3)c21. The summed E-state index contributed by atoms with van der Waals surface area (Å²) in [4.78, 5) is 0. The molecule has 124 valence electrons. The van der Waals surface area contributed by atoms with Gasteiger partial charge in [0.1, 0.15) is 0 Å². The monoisotopic (exact) mass is 327 g/mol. The number of fused-ring (bicyclic) bond motifs is 1. The topological polar surface area (TPSA) is 25.2 Å². The Labute approximate surface area is 148 Å². The predicted molar refractivity (Wildman–Crippen MR) is 104 cm³/mol. The van der Waals surface area contributed by atoms with Gasteiger partial charge in [-0.1, -0.05) is 78.9 Å². The van der Waals surface area contributed by atoms with Gasteiger partial charge in [-0.3, -0.25) is 0 Å². The maximum atomic E-state index is 10.6. The number of nitrogens with zero attached hydrogens (tertiary/aromatic N) is 1. The van der Waals surface area contributed by atoms with Gasteiger partial charge in [0.2, 0.25) is 0 Å². The molecule has 25 heavy (non-hydrogen) atoms. The lowest BCUT2D eigenvalue weighted by Gasteiger charge is -2.15. The van der Waals surface area contributed by atoms with Gasteiger partial charge in [-0.25, -0.2) is 0 Å². The average Bonchev–Trinajstić information content (AvgIpc) is 3.06. The quantitative estimate of drug-likeness (QED) is 0.553. The van der Waals surface area contributed by atoms with Crippen molar-refractivity contribution >= 4 is 10.9 Å². The van der Waals surface area contributed by atoms with Gasteiger partial charge >= 0.3 is 0 Å². The summed E-state index contributed by atoms with van der Waals surface area (Å²) in [5.74, 6) is 0. The van der Waals surface area contributed by atoms with Gasteiger partial charge in [0.05, 0.1) is 11.6 Å². The van der Waals surface area contributed by atoms with Gasteiger partial charge in [-0.15, -0.1) is 0 Å². The lowest BCUT2D eigenvalue weighted by molar-refractivity contribution is 0.156. The van der Waals surface area contributed by atoms with Crippen LogP contribution in [0.4, 0.5) is 0 Å². The zero-order chi connectivity index (χ0) is 17.1. The molecule has 0 bridgehead atoms. The summed E-state index contributed by atoms with van der Waals surface area (Å²) in [6.07, 6.45) is 2.32. The Morgan fingerprint density at radius 1 is 0.760 bits per heavy atom. The lowest BCUT2D eigenvalue weighted by atomic mass is 10.0. The van der Waals surface area contributed by atoms with Crippen molar-refractivity contribution < 1.29 is 5.11 Å². The smallest absolute Gasteiger partial charge is 0.0759 e. The van der Waals surface area contributed by atoms with Crippen LogP contribution >= 0.6 is 0 Å². The highest BCUT2D eigenvalue weighted by atomic mass is 16.3. The number of para-hydroxylation sites is 1. The first-order valence-electron chi connectivity index (χ1n) is 8.66. The number of rotatable bonds is 5. The van der Waals surface area contributed by atoms with E-state index >= 15 is 0 Å². The molecule has 1 aromatic heterocycles. The van der Waals surface area contributed by atoms with E-state index in [4.69, 9.17) is 0 Å². The molecule has 1 N–H and O–H groups in total. The zero-order valence-corrected chi connectivity index (χ0v) is 14.0. The number of aromatic nitrogens is 1. The fourth-order valence-corrected chi connectivity index (χ4v) is 3.44. The standard InChI is InChI=1S/C23H21NO/c25-21(16-18-8-3-1-4-9-18)17-24-15-14-20-12-7-13-22(23(20)24)19-10-5-2-6-11-19/h1-15,21,25H,16-17H2. The molecule has 3 aromatic carbocycles. The molecule has 1 heterocycles. The highest BCUT2D eigenvalue weighted by Crippen LogP contribution is 2.29. The van der Waals surface area contributed by atoms with E-state index in [1.54, 1.807) is 0 Å². The molecule has 4 aromatic rings. The van der Waals surface area contributed by atoms with Gasteiger partial charge in [-0.05, 0) is 17.2 Å². The molecule has 0 fully saturated rings. The average molecular weight is 327 g/mol. The number of benzene rings is 3. The minimum absolute atomic E-state index is 0.415. The summed E-state index contributed by atoms with van der Waals surface area (Å²) < 4.78 is 2.17. The molecule has 2 nitrogen and oxygen atoms in total. The van der Waals surface area contributed by atoms with E-state index in [9.17, 15) is 5.11 Å². The van der Waals surface area contributed by atoms with Crippen LogP contribution < -0.4 is 0 Å². The molecule has 0 spiro atoms. The molecule has 0 saturated heterocycles. The first-order valence-corrected chi connectivity index (χ1v) is 8.66. The molecule has 1 atom stereocenters. The van der Waals surface area contributed by atoms with E-state index in [0.717, 1.165) is 5.56 Å². The first-order chi connectivity index (χ1) is 12.3. The Morgan fingerprint density at radius 2 is 1.48 bits per heavy atom. The minimum Gasteiger partial charge on any atom is -0.391 e. The zero-order valence-electron chi connectivity index (χ0n) is 14.0.